The summed E-state index contributed by atoms with van der Waals surface area (Å²) in [6.45, 7) is 5.02. The Morgan fingerprint density at radius 3 is 2.47 bits per heavy atom. The molecule has 2 aromatic heterocycles. The number of hydrogen-bond acceptors (Lipinski definition) is 8. The Morgan fingerprint density at radius 1 is 1.04 bits per heavy atom. The van der Waals surface area contributed by atoms with Crippen LogP contribution in [-0.2, 0) is 25.3 Å². The van der Waals surface area contributed by atoms with Crippen molar-refractivity contribution in [1.29, 1.82) is 0 Å². The van der Waals surface area contributed by atoms with Gasteiger partial charge in [-0.15, -0.1) is 0 Å². The molecule has 2 amide bonds. The third-order valence-corrected chi connectivity index (χ3v) is 10.6. The zero-order chi connectivity index (χ0) is 34.9. The molecule has 2 aromatic carbocycles. The number of nitrogens with zero attached hydrogens (tertiary/aromatic N) is 6. The highest BCUT2D eigenvalue weighted by Gasteiger charge is 2.55. The number of aromatic nitrogens is 4. The number of aryl methyl sites for hydroxylation is 2. The Bertz CT molecular complexity index is 2190. The number of anilines is 1. The highest BCUT2D eigenvalue weighted by Crippen LogP contribution is 2.50. The Kier molecular flexibility index (Phi) is 8.12. The number of benzene rings is 2. The van der Waals surface area contributed by atoms with Crippen molar-refractivity contribution >= 4 is 40.7 Å². The number of ether oxygens (including phenoxy) is 1. The number of likely N-dealkylation sites (tertiary alicyclic amines) is 2. The SMILES string of the molecule is COc1nc(-c2ccc(F)c(-c3cccc(NC(=O)c4nn(C)c(=O)n(C)c4=O)c3Cl)c2Cl)cc2c1C(N1CC3(CN(C(C)=O)C3)C1)CC2. The van der Waals surface area contributed by atoms with Crippen LogP contribution in [0, 0.1) is 11.2 Å². The molecular weight excluding hydrogens is 676 g/mol. The third-order valence-electron chi connectivity index (χ3n) is 9.76. The van der Waals surface area contributed by atoms with Crippen molar-refractivity contribution in [2.24, 2.45) is 19.5 Å². The van der Waals surface area contributed by atoms with E-state index in [0.717, 1.165) is 59.4 Å². The Morgan fingerprint density at radius 2 is 1.78 bits per heavy atom. The second kappa shape index (κ2) is 12.1. The number of nitrogens with one attached hydrogen (secondary N) is 1. The lowest BCUT2D eigenvalue weighted by molar-refractivity contribution is -0.161. The number of methoxy groups -OCH3 is 1. The van der Waals surface area contributed by atoms with Crippen LogP contribution in [0.1, 0.15) is 41.0 Å². The van der Waals surface area contributed by atoms with E-state index >= 15 is 4.39 Å². The van der Waals surface area contributed by atoms with E-state index in [-0.39, 0.29) is 44.2 Å². The number of carbonyl (C=O) groups is 2. The zero-order valence-electron chi connectivity index (χ0n) is 27.1. The van der Waals surface area contributed by atoms with E-state index < -0.39 is 28.7 Å². The number of hydrogen-bond donors (Lipinski definition) is 1. The van der Waals surface area contributed by atoms with Crippen molar-refractivity contribution < 1.29 is 18.7 Å². The molecule has 4 heterocycles. The van der Waals surface area contributed by atoms with Gasteiger partial charge in [-0.25, -0.2) is 18.9 Å². The molecule has 0 radical (unpaired) electrons. The molecule has 49 heavy (non-hydrogen) atoms. The molecule has 1 N–H and O–H groups in total. The van der Waals surface area contributed by atoms with E-state index in [1.807, 2.05) is 11.0 Å². The molecule has 2 fully saturated rings. The van der Waals surface area contributed by atoms with Crippen LogP contribution in [0.3, 0.4) is 0 Å². The summed E-state index contributed by atoms with van der Waals surface area (Å²) in [5.41, 5.74) is 1.45. The molecule has 1 aliphatic carbocycles. The lowest BCUT2D eigenvalue weighted by Gasteiger charge is -2.61. The van der Waals surface area contributed by atoms with E-state index in [1.54, 1.807) is 32.2 Å². The smallest absolute Gasteiger partial charge is 0.346 e. The molecule has 7 rings (SSSR count). The lowest BCUT2D eigenvalue weighted by Crippen LogP contribution is -2.72. The second-order valence-electron chi connectivity index (χ2n) is 12.9. The van der Waals surface area contributed by atoms with Crippen molar-refractivity contribution in [3.05, 3.63) is 89.9 Å². The van der Waals surface area contributed by atoms with Crippen LogP contribution in [0.15, 0.2) is 46.0 Å². The van der Waals surface area contributed by atoms with Gasteiger partial charge in [0.1, 0.15) is 5.82 Å². The highest BCUT2D eigenvalue weighted by molar-refractivity contribution is 6.39. The van der Waals surface area contributed by atoms with Gasteiger partial charge in [-0.1, -0.05) is 35.3 Å². The van der Waals surface area contributed by atoms with Gasteiger partial charge in [-0.3, -0.25) is 23.9 Å². The average molecular weight is 709 g/mol. The van der Waals surface area contributed by atoms with Crippen molar-refractivity contribution in [2.45, 2.75) is 25.8 Å². The standard InChI is InChI=1S/C34H32Cl2FN7O5/c1-17(45)43-13-34(14-43)15-44(16-34)24-11-8-18-12-23(39-31(49-4)25(18)24)19-9-10-21(37)26(28(19)36)20-6-5-7-22(27(20)35)38-30(46)29-32(47)41(2)33(48)42(3)40-29/h5-7,9-10,12,24H,8,11,13-16H2,1-4H3,(H,38,46). The Balaban J connectivity index is 1.19. The zero-order valence-corrected chi connectivity index (χ0v) is 28.7. The molecule has 1 unspecified atom stereocenters. The molecule has 1 atom stereocenters. The predicted octanol–water partition coefficient (Wildman–Crippen LogP) is 4.07. The van der Waals surface area contributed by atoms with Crippen LogP contribution in [0.25, 0.3) is 22.4 Å². The average Bonchev–Trinajstić information content (AvgIpc) is 3.45. The topological polar surface area (TPSA) is 132 Å². The van der Waals surface area contributed by atoms with E-state index in [2.05, 4.69) is 15.3 Å². The van der Waals surface area contributed by atoms with Crippen molar-refractivity contribution in [3.63, 3.8) is 0 Å². The summed E-state index contributed by atoms with van der Waals surface area (Å²) in [5.74, 6) is -0.950. The summed E-state index contributed by atoms with van der Waals surface area (Å²) in [6.07, 6.45) is 1.71. The van der Waals surface area contributed by atoms with Crippen LogP contribution in [0.4, 0.5) is 10.1 Å². The fourth-order valence-electron chi connectivity index (χ4n) is 7.30. The van der Waals surface area contributed by atoms with Crippen molar-refractivity contribution in [2.75, 3.05) is 38.6 Å². The number of pyridine rings is 1. The highest BCUT2D eigenvalue weighted by atomic mass is 35.5. The van der Waals surface area contributed by atoms with Crippen molar-refractivity contribution in [1.82, 2.24) is 29.1 Å². The summed E-state index contributed by atoms with van der Waals surface area (Å²) in [4.78, 5) is 58.5. The summed E-state index contributed by atoms with van der Waals surface area (Å²) >= 11 is 13.7. The molecule has 0 saturated carbocycles. The number of halogens is 3. The van der Waals surface area contributed by atoms with Crippen LogP contribution >= 0.6 is 23.2 Å². The summed E-state index contributed by atoms with van der Waals surface area (Å²) < 4.78 is 23.0. The second-order valence-corrected chi connectivity index (χ2v) is 13.7. The fraction of sp³-hybridized carbons (Fsp3) is 0.353. The molecule has 2 saturated heterocycles. The molecule has 3 aliphatic rings. The van der Waals surface area contributed by atoms with Crippen LogP contribution < -0.4 is 21.3 Å². The molecule has 4 aromatic rings. The Labute approximate surface area is 290 Å². The molecule has 2 aliphatic heterocycles. The van der Waals surface area contributed by atoms with Gasteiger partial charge in [0.25, 0.3) is 11.5 Å². The summed E-state index contributed by atoms with van der Waals surface area (Å²) in [6, 6.07) is 9.56. The maximum Gasteiger partial charge on any atom is 0.346 e. The van der Waals surface area contributed by atoms with Gasteiger partial charge >= 0.3 is 5.69 Å². The fourth-order valence-corrected chi connectivity index (χ4v) is 7.92. The number of rotatable bonds is 6. The number of fused-ring (bicyclic) bond motifs is 1. The summed E-state index contributed by atoms with van der Waals surface area (Å²) in [5, 5.41) is 6.38. The molecule has 15 heteroatoms. The minimum absolute atomic E-state index is 0.00142. The quantitative estimate of drug-likeness (QED) is 0.318. The minimum Gasteiger partial charge on any atom is -0.481 e. The number of carbonyl (C=O) groups excluding carboxylic acids is 2. The molecule has 12 nitrogen and oxygen atoms in total. The minimum atomic E-state index is -0.901. The van der Waals surface area contributed by atoms with Gasteiger partial charge in [0.05, 0.1) is 28.5 Å². The summed E-state index contributed by atoms with van der Waals surface area (Å²) in [7, 11) is 4.13. The molecule has 0 bridgehead atoms. The van der Waals surface area contributed by atoms with E-state index in [9.17, 15) is 19.2 Å². The van der Waals surface area contributed by atoms with Crippen LogP contribution in [-0.4, -0.2) is 74.2 Å². The first-order chi connectivity index (χ1) is 23.3. The van der Waals surface area contributed by atoms with E-state index in [1.165, 1.54) is 26.2 Å². The molecule has 254 valence electrons. The third kappa shape index (κ3) is 5.40. The first kappa shape index (κ1) is 32.9. The van der Waals surface area contributed by atoms with Crippen molar-refractivity contribution in [3.8, 4) is 28.3 Å². The van der Waals surface area contributed by atoms with Gasteiger partial charge in [-0.05, 0) is 42.7 Å². The van der Waals surface area contributed by atoms with Gasteiger partial charge in [0, 0.05) is 80.9 Å². The largest absolute Gasteiger partial charge is 0.481 e. The van der Waals surface area contributed by atoms with Gasteiger partial charge in [-0.2, -0.15) is 5.10 Å². The molecular formula is C34H32Cl2FN7O5. The van der Waals surface area contributed by atoms with Crippen LogP contribution in [0.2, 0.25) is 10.0 Å². The van der Waals surface area contributed by atoms with E-state index in [0.29, 0.717) is 17.1 Å². The normalized spacial score (nSPS) is 17.8. The van der Waals surface area contributed by atoms with Gasteiger partial charge < -0.3 is 15.0 Å². The monoisotopic (exact) mass is 707 g/mol. The first-order valence-electron chi connectivity index (χ1n) is 15.6. The van der Waals surface area contributed by atoms with Gasteiger partial charge in [0.2, 0.25) is 17.5 Å². The van der Waals surface area contributed by atoms with Gasteiger partial charge in [0.15, 0.2) is 0 Å². The maximum absolute atomic E-state index is 15.6. The number of amides is 2. The van der Waals surface area contributed by atoms with Crippen LogP contribution in [0.5, 0.6) is 5.88 Å². The lowest BCUT2D eigenvalue weighted by atomic mass is 9.72. The maximum atomic E-state index is 15.6. The first-order valence-corrected chi connectivity index (χ1v) is 16.4. The predicted molar refractivity (Wildman–Crippen MR) is 182 cm³/mol. The Hall–Kier alpha value is -4.59. The molecule has 1 spiro atoms. The van der Waals surface area contributed by atoms with E-state index in [4.69, 9.17) is 32.9 Å².